The third-order valence-electron chi connectivity index (χ3n) is 1.06. The second kappa shape index (κ2) is 3.17. The summed E-state index contributed by atoms with van der Waals surface area (Å²) in [6.07, 6.45) is 6.33. The third-order valence-corrected chi connectivity index (χ3v) is 1.06. The molecule has 1 radical (unpaired) electrons. The molecular weight excluding hydrogens is 112 g/mol. The average Bonchev–Trinajstić information content (AvgIpc) is 1.91. The molecule has 0 saturated heterocycles. The second-order valence-corrected chi connectivity index (χ2v) is 1.81. The van der Waals surface area contributed by atoms with E-state index in [0.29, 0.717) is 0 Å². The number of hydrogen-bond acceptors (Lipinski definition) is 2. The number of aromatic nitrogens is 2. The lowest BCUT2D eigenvalue weighted by molar-refractivity contribution is 1.01. The van der Waals surface area contributed by atoms with Gasteiger partial charge in [0.2, 0.25) is 0 Å². The SMILES string of the molecule is C[CH]Cc1ccncn1. The standard InChI is InChI=1S/C7H9N2/c1-2-3-7-4-5-8-6-9-7/h2,4-6H,3H2,1H3. The van der Waals surface area contributed by atoms with Gasteiger partial charge in [-0.2, -0.15) is 0 Å². The van der Waals surface area contributed by atoms with E-state index in [0.717, 1.165) is 12.1 Å². The molecule has 0 N–H and O–H groups in total. The predicted octanol–water partition coefficient (Wildman–Crippen LogP) is 1.24. The van der Waals surface area contributed by atoms with Gasteiger partial charge in [-0.1, -0.05) is 6.92 Å². The van der Waals surface area contributed by atoms with Gasteiger partial charge in [0.25, 0.3) is 0 Å². The number of hydrogen-bond donors (Lipinski definition) is 0. The van der Waals surface area contributed by atoms with E-state index in [1.54, 1.807) is 12.5 Å². The van der Waals surface area contributed by atoms with Crippen LogP contribution in [0.1, 0.15) is 12.6 Å². The first-order chi connectivity index (χ1) is 4.43. The van der Waals surface area contributed by atoms with Gasteiger partial charge in [-0.3, -0.25) is 0 Å². The lowest BCUT2D eigenvalue weighted by Crippen LogP contribution is -1.87. The van der Waals surface area contributed by atoms with E-state index in [9.17, 15) is 0 Å². The maximum Gasteiger partial charge on any atom is 0.115 e. The Morgan fingerprint density at radius 1 is 1.67 bits per heavy atom. The molecule has 0 aliphatic heterocycles. The predicted molar refractivity (Wildman–Crippen MR) is 35.7 cm³/mol. The summed E-state index contributed by atoms with van der Waals surface area (Å²) in [6.45, 7) is 2.02. The molecule has 1 heterocycles. The fourth-order valence-corrected chi connectivity index (χ4v) is 0.648. The van der Waals surface area contributed by atoms with Crippen LogP contribution < -0.4 is 0 Å². The molecule has 2 nitrogen and oxygen atoms in total. The molecule has 1 rings (SSSR count). The summed E-state index contributed by atoms with van der Waals surface area (Å²) in [4.78, 5) is 7.83. The molecule has 0 saturated carbocycles. The molecule has 0 amide bonds. The smallest absolute Gasteiger partial charge is 0.115 e. The normalized spacial score (nSPS) is 9.44. The summed E-state index contributed by atoms with van der Waals surface area (Å²) >= 11 is 0. The zero-order chi connectivity index (χ0) is 6.53. The van der Waals surface area contributed by atoms with Crippen molar-refractivity contribution < 1.29 is 0 Å². The van der Waals surface area contributed by atoms with Crippen LogP contribution in [0.25, 0.3) is 0 Å². The van der Waals surface area contributed by atoms with E-state index >= 15 is 0 Å². The molecule has 1 aromatic heterocycles. The second-order valence-electron chi connectivity index (χ2n) is 1.81. The van der Waals surface area contributed by atoms with Gasteiger partial charge in [0, 0.05) is 11.9 Å². The molecule has 0 fully saturated rings. The highest BCUT2D eigenvalue weighted by Crippen LogP contribution is 1.93. The van der Waals surface area contributed by atoms with E-state index in [1.807, 2.05) is 13.0 Å². The van der Waals surface area contributed by atoms with Crippen LogP contribution in [0.15, 0.2) is 18.6 Å². The number of rotatable bonds is 2. The van der Waals surface area contributed by atoms with Gasteiger partial charge in [-0.25, -0.2) is 9.97 Å². The van der Waals surface area contributed by atoms with Crippen molar-refractivity contribution in [2.45, 2.75) is 13.3 Å². The van der Waals surface area contributed by atoms with Crippen LogP contribution in [0.2, 0.25) is 0 Å². The van der Waals surface area contributed by atoms with Gasteiger partial charge in [0.1, 0.15) is 6.33 Å². The van der Waals surface area contributed by atoms with Crippen LogP contribution in [-0.2, 0) is 6.42 Å². The maximum absolute atomic E-state index is 4.03. The van der Waals surface area contributed by atoms with Crippen molar-refractivity contribution in [2.24, 2.45) is 0 Å². The molecule has 0 spiro atoms. The van der Waals surface area contributed by atoms with Crippen LogP contribution in [0, 0.1) is 6.42 Å². The summed E-state index contributed by atoms with van der Waals surface area (Å²) < 4.78 is 0. The van der Waals surface area contributed by atoms with Crippen LogP contribution in [0.5, 0.6) is 0 Å². The molecule has 47 valence electrons. The lowest BCUT2D eigenvalue weighted by atomic mass is 10.2. The Labute approximate surface area is 55.0 Å². The lowest BCUT2D eigenvalue weighted by Gasteiger charge is -1.91. The molecule has 0 bridgehead atoms. The largest absolute Gasteiger partial charge is 0.245 e. The van der Waals surface area contributed by atoms with Gasteiger partial charge >= 0.3 is 0 Å². The molecule has 2 heteroatoms. The highest BCUT2D eigenvalue weighted by Gasteiger charge is 1.87. The highest BCUT2D eigenvalue weighted by molar-refractivity contribution is 4.99. The van der Waals surface area contributed by atoms with Crippen molar-refractivity contribution >= 4 is 0 Å². The van der Waals surface area contributed by atoms with Gasteiger partial charge in [-0.15, -0.1) is 0 Å². The van der Waals surface area contributed by atoms with Gasteiger partial charge in [0.15, 0.2) is 0 Å². The molecule has 1 aromatic rings. The van der Waals surface area contributed by atoms with Crippen LogP contribution in [0.4, 0.5) is 0 Å². The molecular formula is C7H9N2. The van der Waals surface area contributed by atoms with Crippen molar-refractivity contribution in [3.63, 3.8) is 0 Å². The van der Waals surface area contributed by atoms with Crippen LogP contribution in [0.3, 0.4) is 0 Å². The van der Waals surface area contributed by atoms with E-state index in [1.165, 1.54) is 0 Å². The Morgan fingerprint density at radius 2 is 2.56 bits per heavy atom. The number of nitrogens with zero attached hydrogens (tertiary/aromatic N) is 2. The summed E-state index contributed by atoms with van der Waals surface area (Å²) in [5, 5.41) is 0. The van der Waals surface area contributed by atoms with Crippen LogP contribution in [-0.4, -0.2) is 9.97 Å². The van der Waals surface area contributed by atoms with E-state index < -0.39 is 0 Å². The van der Waals surface area contributed by atoms with Gasteiger partial charge in [-0.05, 0) is 18.9 Å². The first kappa shape index (κ1) is 6.20. The Bertz CT molecular complexity index is 160. The Balaban J connectivity index is 2.61. The van der Waals surface area contributed by atoms with E-state index in [2.05, 4.69) is 16.4 Å². The molecule has 0 aliphatic rings. The van der Waals surface area contributed by atoms with Crippen molar-refractivity contribution in [3.8, 4) is 0 Å². The highest BCUT2D eigenvalue weighted by atomic mass is 14.8. The fourth-order valence-electron chi connectivity index (χ4n) is 0.648. The summed E-state index contributed by atoms with van der Waals surface area (Å²) in [5.74, 6) is 0. The fraction of sp³-hybridized carbons (Fsp3) is 0.286. The van der Waals surface area contributed by atoms with E-state index in [-0.39, 0.29) is 0 Å². The summed E-state index contributed by atoms with van der Waals surface area (Å²) in [6, 6.07) is 1.92. The van der Waals surface area contributed by atoms with Crippen molar-refractivity contribution in [1.82, 2.24) is 9.97 Å². The third kappa shape index (κ3) is 1.80. The Morgan fingerprint density at radius 3 is 3.11 bits per heavy atom. The van der Waals surface area contributed by atoms with Crippen molar-refractivity contribution in [2.75, 3.05) is 0 Å². The summed E-state index contributed by atoms with van der Waals surface area (Å²) in [5.41, 5.74) is 1.08. The first-order valence-corrected chi connectivity index (χ1v) is 2.96. The first-order valence-electron chi connectivity index (χ1n) is 2.96. The molecule has 0 aromatic carbocycles. The minimum Gasteiger partial charge on any atom is -0.245 e. The van der Waals surface area contributed by atoms with Crippen molar-refractivity contribution in [1.29, 1.82) is 0 Å². The maximum atomic E-state index is 4.03. The Kier molecular flexibility index (Phi) is 2.19. The van der Waals surface area contributed by atoms with E-state index in [4.69, 9.17) is 0 Å². The molecule has 0 aliphatic carbocycles. The zero-order valence-corrected chi connectivity index (χ0v) is 5.41. The minimum atomic E-state index is 0.933. The summed E-state index contributed by atoms with van der Waals surface area (Å²) in [7, 11) is 0. The molecule has 0 unspecified atom stereocenters. The van der Waals surface area contributed by atoms with Crippen molar-refractivity contribution in [3.05, 3.63) is 30.7 Å². The Hall–Kier alpha value is -0.920. The quantitative estimate of drug-likeness (QED) is 0.588. The van der Waals surface area contributed by atoms with Gasteiger partial charge < -0.3 is 0 Å². The van der Waals surface area contributed by atoms with Gasteiger partial charge in [0.05, 0.1) is 0 Å². The molecule has 0 atom stereocenters. The average molecular weight is 121 g/mol. The zero-order valence-electron chi connectivity index (χ0n) is 5.41. The monoisotopic (exact) mass is 121 g/mol. The topological polar surface area (TPSA) is 25.8 Å². The van der Waals surface area contributed by atoms with Crippen LogP contribution >= 0.6 is 0 Å². The minimum absolute atomic E-state index is 0.933. The molecule has 9 heavy (non-hydrogen) atoms.